The molecule has 1 fully saturated rings. The van der Waals surface area contributed by atoms with Gasteiger partial charge in [-0.05, 0) is 18.8 Å². The van der Waals surface area contributed by atoms with Crippen LogP contribution in [-0.2, 0) is 11.3 Å². The quantitative estimate of drug-likeness (QED) is 0.813. The molecule has 1 aromatic rings. The van der Waals surface area contributed by atoms with Crippen molar-refractivity contribution in [1.29, 1.82) is 0 Å². The number of nitrogens with zero attached hydrogens (tertiary/aromatic N) is 1. The lowest BCUT2D eigenvalue weighted by molar-refractivity contribution is 0.0943. The minimum atomic E-state index is -0.207. The van der Waals surface area contributed by atoms with E-state index in [1.807, 2.05) is 0 Å². The maximum Gasteiger partial charge on any atom is 0.273 e. The van der Waals surface area contributed by atoms with E-state index in [-0.39, 0.29) is 5.91 Å². The number of ether oxygens (including phenoxy) is 1. The van der Waals surface area contributed by atoms with E-state index in [9.17, 15) is 4.79 Å². The summed E-state index contributed by atoms with van der Waals surface area (Å²) in [6, 6.07) is 1.60. The number of hydrogen-bond donors (Lipinski definition) is 1. The van der Waals surface area contributed by atoms with Crippen LogP contribution < -0.4 is 5.32 Å². The number of halogens is 1. The van der Waals surface area contributed by atoms with Crippen molar-refractivity contribution >= 4 is 21.8 Å². The number of nitrogens with one attached hydrogen (secondary N) is 1. The summed E-state index contributed by atoms with van der Waals surface area (Å²) in [7, 11) is 1.56. The van der Waals surface area contributed by atoms with Crippen LogP contribution in [0.15, 0.2) is 10.6 Å². The van der Waals surface area contributed by atoms with E-state index >= 15 is 0 Å². The van der Waals surface area contributed by atoms with E-state index in [0.717, 1.165) is 0 Å². The van der Waals surface area contributed by atoms with Crippen LogP contribution in [0.1, 0.15) is 29.1 Å². The van der Waals surface area contributed by atoms with Crippen molar-refractivity contribution in [3.63, 3.8) is 0 Å². The molecule has 0 spiro atoms. The molecule has 1 saturated carbocycles. The van der Waals surface area contributed by atoms with Gasteiger partial charge in [-0.2, -0.15) is 0 Å². The number of hydrogen-bond acceptors (Lipinski definition) is 4. The highest BCUT2D eigenvalue weighted by Gasteiger charge is 2.29. The van der Waals surface area contributed by atoms with Gasteiger partial charge in [0, 0.05) is 24.5 Å². The van der Waals surface area contributed by atoms with Gasteiger partial charge in [0.15, 0.2) is 11.5 Å². The molecule has 0 radical (unpaired) electrons. The molecule has 94 valence electrons. The zero-order valence-electron chi connectivity index (χ0n) is 9.61. The third-order valence-electron chi connectivity index (χ3n) is 2.67. The molecule has 1 atom stereocenters. The largest absolute Gasteiger partial charge is 0.377 e. The van der Waals surface area contributed by atoms with E-state index in [4.69, 9.17) is 9.26 Å². The molecular weight excluding hydrogens is 288 g/mol. The van der Waals surface area contributed by atoms with Crippen molar-refractivity contribution in [3.8, 4) is 0 Å². The van der Waals surface area contributed by atoms with E-state index in [0.29, 0.717) is 35.4 Å². The summed E-state index contributed by atoms with van der Waals surface area (Å²) in [5, 5.41) is 6.52. The molecule has 0 aromatic carbocycles. The first-order valence-corrected chi connectivity index (χ1v) is 6.49. The van der Waals surface area contributed by atoms with Crippen molar-refractivity contribution in [1.82, 2.24) is 10.5 Å². The van der Waals surface area contributed by atoms with Crippen LogP contribution >= 0.6 is 15.9 Å². The van der Waals surface area contributed by atoms with E-state index in [1.54, 1.807) is 13.2 Å². The first kappa shape index (κ1) is 12.6. The molecule has 1 heterocycles. The Hall–Kier alpha value is -0.880. The van der Waals surface area contributed by atoms with E-state index in [2.05, 4.69) is 26.4 Å². The summed E-state index contributed by atoms with van der Waals surface area (Å²) in [4.78, 5) is 12.1. The minimum Gasteiger partial charge on any atom is -0.377 e. The number of amides is 1. The van der Waals surface area contributed by atoms with Crippen molar-refractivity contribution in [2.24, 2.45) is 5.92 Å². The smallest absolute Gasteiger partial charge is 0.273 e. The fraction of sp³-hybridized carbons (Fsp3) is 0.636. The fourth-order valence-electron chi connectivity index (χ4n) is 1.54. The minimum absolute atomic E-state index is 0.207. The van der Waals surface area contributed by atoms with Gasteiger partial charge in [0.1, 0.15) is 6.61 Å². The maximum atomic E-state index is 11.7. The third-order valence-corrected chi connectivity index (χ3v) is 3.74. The number of carbonyl (C=O) groups is 1. The molecular formula is C11H15BrN2O3. The summed E-state index contributed by atoms with van der Waals surface area (Å²) in [5.74, 6) is 1.05. The summed E-state index contributed by atoms with van der Waals surface area (Å²) in [5.41, 5.74) is 0.299. The number of carbonyl (C=O) groups excluding carboxylic acids is 1. The van der Waals surface area contributed by atoms with Gasteiger partial charge < -0.3 is 14.6 Å². The summed E-state index contributed by atoms with van der Waals surface area (Å²) >= 11 is 3.56. The highest BCUT2D eigenvalue weighted by molar-refractivity contribution is 9.09. The molecule has 1 aliphatic rings. The van der Waals surface area contributed by atoms with Gasteiger partial charge in [0.05, 0.1) is 0 Å². The molecule has 2 rings (SSSR count). The molecule has 1 unspecified atom stereocenters. The zero-order chi connectivity index (χ0) is 12.3. The second kappa shape index (κ2) is 5.64. The standard InChI is InChI=1S/C11H15BrN2O3/c1-16-6-8-4-10(14-17-8)11(15)13-5-9(12)7-2-3-7/h4,7,9H,2-3,5-6H2,1H3,(H,13,15). The average Bonchev–Trinajstić information content (AvgIpc) is 3.07. The highest BCUT2D eigenvalue weighted by atomic mass is 79.9. The Morgan fingerprint density at radius 3 is 3.18 bits per heavy atom. The molecule has 5 nitrogen and oxygen atoms in total. The first-order chi connectivity index (χ1) is 8.20. The zero-order valence-corrected chi connectivity index (χ0v) is 11.2. The molecule has 0 bridgehead atoms. The second-order valence-electron chi connectivity index (χ2n) is 4.17. The number of alkyl halides is 1. The monoisotopic (exact) mass is 302 g/mol. The Balaban J connectivity index is 1.81. The second-order valence-corrected chi connectivity index (χ2v) is 5.35. The van der Waals surface area contributed by atoms with Crippen molar-refractivity contribution in [2.45, 2.75) is 24.3 Å². The van der Waals surface area contributed by atoms with Crippen LogP contribution in [0, 0.1) is 5.92 Å². The van der Waals surface area contributed by atoms with Crippen LogP contribution in [0.3, 0.4) is 0 Å². The van der Waals surface area contributed by atoms with Crippen molar-refractivity contribution < 1.29 is 14.1 Å². The van der Waals surface area contributed by atoms with Crippen molar-refractivity contribution in [2.75, 3.05) is 13.7 Å². The van der Waals surface area contributed by atoms with Gasteiger partial charge >= 0.3 is 0 Å². The molecule has 1 amide bonds. The third kappa shape index (κ3) is 3.54. The van der Waals surface area contributed by atoms with Gasteiger partial charge in [-0.25, -0.2) is 0 Å². The molecule has 1 aliphatic carbocycles. The number of rotatable bonds is 6. The van der Waals surface area contributed by atoms with E-state index < -0.39 is 0 Å². The van der Waals surface area contributed by atoms with Crippen LogP contribution in [0.25, 0.3) is 0 Å². The summed E-state index contributed by atoms with van der Waals surface area (Å²) in [6.45, 7) is 0.944. The Labute approximate surface area is 108 Å². The van der Waals surface area contributed by atoms with Crippen molar-refractivity contribution in [3.05, 3.63) is 17.5 Å². The lowest BCUT2D eigenvalue weighted by Crippen LogP contribution is -2.30. The maximum absolute atomic E-state index is 11.7. The van der Waals surface area contributed by atoms with Gasteiger partial charge in [-0.3, -0.25) is 4.79 Å². The fourth-order valence-corrected chi connectivity index (χ4v) is 2.23. The lowest BCUT2D eigenvalue weighted by Gasteiger charge is -2.08. The Bertz CT molecular complexity index is 390. The topological polar surface area (TPSA) is 64.4 Å². The van der Waals surface area contributed by atoms with E-state index in [1.165, 1.54) is 12.8 Å². The summed E-state index contributed by atoms with van der Waals surface area (Å²) < 4.78 is 9.83. The molecule has 0 saturated heterocycles. The van der Waals surface area contributed by atoms with Gasteiger partial charge in [0.2, 0.25) is 0 Å². The predicted molar refractivity (Wildman–Crippen MR) is 65.0 cm³/mol. The Morgan fingerprint density at radius 2 is 2.53 bits per heavy atom. The lowest BCUT2D eigenvalue weighted by atomic mass is 10.3. The van der Waals surface area contributed by atoms with Gasteiger partial charge in [-0.1, -0.05) is 21.1 Å². The normalized spacial score (nSPS) is 16.8. The predicted octanol–water partition coefficient (Wildman–Crippen LogP) is 1.72. The average molecular weight is 303 g/mol. The Kier molecular flexibility index (Phi) is 4.17. The van der Waals surface area contributed by atoms with Crippen LogP contribution in [-0.4, -0.2) is 29.5 Å². The van der Waals surface area contributed by atoms with Gasteiger partial charge in [-0.15, -0.1) is 0 Å². The molecule has 6 heteroatoms. The molecule has 17 heavy (non-hydrogen) atoms. The highest BCUT2D eigenvalue weighted by Crippen LogP contribution is 2.36. The van der Waals surface area contributed by atoms with Crippen LogP contribution in [0.5, 0.6) is 0 Å². The van der Waals surface area contributed by atoms with Crippen LogP contribution in [0.2, 0.25) is 0 Å². The van der Waals surface area contributed by atoms with Gasteiger partial charge in [0.25, 0.3) is 5.91 Å². The Morgan fingerprint density at radius 1 is 1.76 bits per heavy atom. The number of methoxy groups -OCH3 is 1. The molecule has 1 N–H and O–H groups in total. The molecule has 1 aromatic heterocycles. The van der Waals surface area contributed by atoms with Crippen LogP contribution in [0.4, 0.5) is 0 Å². The SMILES string of the molecule is COCc1cc(C(=O)NCC(Br)C2CC2)no1. The number of aromatic nitrogens is 1. The molecule has 0 aliphatic heterocycles. The first-order valence-electron chi connectivity index (χ1n) is 5.57. The summed E-state index contributed by atoms with van der Waals surface area (Å²) in [6.07, 6.45) is 2.49.